The zero-order valence-electron chi connectivity index (χ0n) is 9.95. The number of nitro groups is 1. The van der Waals surface area contributed by atoms with Gasteiger partial charge < -0.3 is 14.6 Å². The van der Waals surface area contributed by atoms with Crippen LogP contribution in [0, 0.1) is 10.1 Å². The molecule has 0 amide bonds. The van der Waals surface area contributed by atoms with Crippen LogP contribution in [0.25, 0.3) is 0 Å². The minimum atomic E-state index is -1.03. The third kappa shape index (κ3) is 3.62. The summed E-state index contributed by atoms with van der Waals surface area (Å²) in [6, 6.07) is 4.05. The van der Waals surface area contributed by atoms with Gasteiger partial charge >= 0.3 is 11.7 Å². The highest BCUT2D eigenvalue weighted by Crippen LogP contribution is 2.32. The van der Waals surface area contributed by atoms with Crippen LogP contribution in [-0.4, -0.2) is 29.2 Å². The van der Waals surface area contributed by atoms with Crippen LogP contribution in [0.1, 0.15) is 13.3 Å². The number of nitrogens with zero attached hydrogens (tertiary/aromatic N) is 1. The number of ether oxygens (including phenoxy) is 2. The lowest BCUT2D eigenvalue weighted by Gasteiger charge is -2.13. The SMILES string of the molecule is COc1ccc([N+](=O)[O-])c(O[C@H](C)CC(=O)O)c1. The first kappa shape index (κ1) is 13.8. The summed E-state index contributed by atoms with van der Waals surface area (Å²) in [5.74, 6) is -0.640. The Labute approximate surface area is 103 Å². The van der Waals surface area contributed by atoms with Crippen LogP contribution in [-0.2, 0) is 4.79 Å². The van der Waals surface area contributed by atoms with Gasteiger partial charge in [-0.1, -0.05) is 0 Å². The lowest BCUT2D eigenvalue weighted by molar-refractivity contribution is -0.386. The van der Waals surface area contributed by atoms with Crippen molar-refractivity contribution in [3.05, 3.63) is 28.3 Å². The minimum Gasteiger partial charge on any atom is -0.497 e. The first-order chi connectivity index (χ1) is 8.43. The third-order valence-electron chi connectivity index (χ3n) is 2.15. The van der Waals surface area contributed by atoms with Gasteiger partial charge in [-0.3, -0.25) is 14.9 Å². The van der Waals surface area contributed by atoms with Crippen molar-refractivity contribution >= 4 is 11.7 Å². The van der Waals surface area contributed by atoms with E-state index in [2.05, 4.69) is 0 Å². The van der Waals surface area contributed by atoms with Gasteiger partial charge in [0.05, 0.1) is 18.5 Å². The fraction of sp³-hybridized carbons (Fsp3) is 0.364. The number of nitro benzene ring substituents is 1. The summed E-state index contributed by atoms with van der Waals surface area (Å²) in [6.45, 7) is 1.53. The van der Waals surface area contributed by atoms with Crippen LogP contribution in [0.15, 0.2) is 18.2 Å². The lowest BCUT2D eigenvalue weighted by atomic mass is 10.2. The maximum atomic E-state index is 10.8. The monoisotopic (exact) mass is 255 g/mol. The maximum Gasteiger partial charge on any atom is 0.311 e. The molecule has 1 rings (SSSR count). The quantitative estimate of drug-likeness (QED) is 0.615. The molecule has 7 heteroatoms. The second kappa shape index (κ2) is 5.85. The highest BCUT2D eigenvalue weighted by Gasteiger charge is 2.19. The van der Waals surface area contributed by atoms with Gasteiger partial charge in [0, 0.05) is 12.1 Å². The Kier molecular flexibility index (Phi) is 4.47. The molecule has 0 radical (unpaired) electrons. The summed E-state index contributed by atoms with van der Waals surface area (Å²) in [4.78, 5) is 20.7. The molecule has 0 heterocycles. The molecule has 1 aromatic rings. The van der Waals surface area contributed by atoms with Crippen molar-refractivity contribution in [3.8, 4) is 11.5 Å². The number of hydrogen-bond acceptors (Lipinski definition) is 5. The molecule has 0 spiro atoms. The molecule has 18 heavy (non-hydrogen) atoms. The molecule has 1 atom stereocenters. The van der Waals surface area contributed by atoms with E-state index in [1.165, 1.54) is 32.2 Å². The van der Waals surface area contributed by atoms with Crippen LogP contribution < -0.4 is 9.47 Å². The molecule has 1 N–H and O–H groups in total. The Morgan fingerprint density at radius 3 is 2.72 bits per heavy atom. The van der Waals surface area contributed by atoms with E-state index in [4.69, 9.17) is 14.6 Å². The van der Waals surface area contributed by atoms with E-state index < -0.39 is 17.0 Å². The van der Waals surface area contributed by atoms with Gasteiger partial charge in [-0.2, -0.15) is 0 Å². The van der Waals surface area contributed by atoms with E-state index in [1.807, 2.05) is 0 Å². The molecule has 0 aliphatic rings. The van der Waals surface area contributed by atoms with Crippen molar-refractivity contribution in [3.63, 3.8) is 0 Å². The number of carbonyl (C=O) groups is 1. The van der Waals surface area contributed by atoms with E-state index in [-0.39, 0.29) is 17.9 Å². The summed E-state index contributed by atoms with van der Waals surface area (Å²) >= 11 is 0. The van der Waals surface area contributed by atoms with Crippen LogP contribution in [0.3, 0.4) is 0 Å². The molecule has 0 saturated carbocycles. The van der Waals surface area contributed by atoms with Crippen molar-refractivity contribution in [1.82, 2.24) is 0 Å². The Hall–Kier alpha value is -2.31. The zero-order valence-corrected chi connectivity index (χ0v) is 9.95. The first-order valence-electron chi connectivity index (χ1n) is 5.15. The fourth-order valence-electron chi connectivity index (χ4n) is 1.37. The van der Waals surface area contributed by atoms with Crippen molar-refractivity contribution in [2.45, 2.75) is 19.4 Å². The Morgan fingerprint density at radius 1 is 1.56 bits per heavy atom. The number of carboxylic acids is 1. The van der Waals surface area contributed by atoms with E-state index in [9.17, 15) is 14.9 Å². The van der Waals surface area contributed by atoms with E-state index >= 15 is 0 Å². The predicted octanol–water partition coefficient (Wildman–Crippen LogP) is 1.85. The van der Waals surface area contributed by atoms with Crippen LogP contribution in [0.5, 0.6) is 11.5 Å². The summed E-state index contributed by atoms with van der Waals surface area (Å²) in [5.41, 5.74) is -0.229. The molecule has 0 saturated heterocycles. The Balaban J connectivity index is 2.96. The lowest BCUT2D eigenvalue weighted by Crippen LogP contribution is -2.17. The molecular formula is C11H13NO6. The van der Waals surface area contributed by atoms with Gasteiger partial charge in [-0.15, -0.1) is 0 Å². The molecule has 98 valence electrons. The summed E-state index contributed by atoms with van der Waals surface area (Å²) in [7, 11) is 1.42. The summed E-state index contributed by atoms with van der Waals surface area (Å²) in [6.07, 6.45) is -0.915. The highest BCUT2D eigenvalue weighted by molar-refractivity contribution is 5.67. The van der Waals surface area contributed by atoms with E-state index in [0.717, 1.165) is 0 Å². The molecule has 0 bridgehead atoms. The zero-order chi connectivity index (χ0) is 13.7. The van der Waals surface area contributed by atoms with Gasteiger partial charge in [0.2, 0.25) is 5.75 Å². The Morgan fingerprint density at radius 2 is 2.22 bits per heavy atom. The largest absolute Gasteiger partial charge is 0.497 e. The number of rotatable bonds is 6. The van der Waals surface area contributed by atoms with Crippen molar-refractivity contribution in [2.24, 2.45) is 0 Å². The molecular weight excluding hydrogens is 242 g/mol. The van der Waals surface area contributed by atoms with Crippen molar-refractivity contribution in [2.75, 3.05) is 7.11 Å². The average Bonchev–Trinajstić information content (AvgIpc) is 2.27. The van der Waals surface area contributed by atoms with Crippen LogP contribution in [0.2, 0.25) is 0 Å². The van der Waals surface area contributed by atoms with Gasteiger partial charge in [0.25, 0.3) is 0 Å². The summed E-state index contributed by atoms with van der Waals surface area (Å²) in [5, 5.41) is 19.4. The Bertz CT molecular complexity index is 459. The molecule has 0 aliphatic heterocycles. The van der Waals surface area contributed by atoms with Gasteiger partial charge in [-0.25, -0.2) is 0 Å². The fourth-order valence-corrected chi connectivity index (χ4v) is 1.37. The standard InChI is InChI=1S/C11H13NO6/c1-7(5-11(13)14)18-10-6-8(17-2)3-4-9(10)12(15)16/h3-4,6-7H,5H2,1-2H3,(H,13,14)/t7-/m1/s1. The average molecular weight is 255 g/mol. The molecule has 1 aromatic carbocycles. The second-order valence-electron chi connectivity index (χ2n) is 3.62. The molecule has 0 aromatic heterocycles. The number of methoxy groups -OCH3 is 1. The summed E-state index contributed by atoms with van der Waals surface area (Å²) < 4.78 is 10.2. The molecule has 0 unspecified atom stereocenters. The highest BCUT2D eigenvalue weighted by atomic mass is 16.6. The third-order valence-corrected chi connectivity index (χ3v) is 2.15. The predicted molar refractivity (Wildman–Crippen MR) is 62.0 cm³/mol. The minimum absolute atomic E-state index is 0.00639. The number of carboxylic acid groups (broad SMARTS) is 1. The molecule has 0 fully saturated rings. The normalized spacial score (nSPS) is 11.7. The maximum absolute atomic E-state index is 10.8. The number of aliphatic carboxylic acids is 1. The second-order valence-corrected chi connectivity index (χ2v) is 3.62. The number of hydrogen-bond donors (Lipinski definition) is 1. The van der Waals surface area contributed by atoms with Crippen LogP contribution >= 0.6 is 0 Å². The van der Waals surface area contributed by atoms with Gasteiger partial charge in [0.1, 0.15) is 11.9 Å². The van der Waals surface area contributed by atoms with E-state index in [0.29, 0.717) is 5.75 Å². The molecule has 0 aliphatic carbocycles. The van der Waals surface area contributed by atoms with Crippen molar-refractivity contribution in [1.29, 1.82) is 0 Å². The number of benzene rings is 1. The van der Waals surface area contributed by atoms with E-state index in [1.54, 1.807) is 0 Å². The van der Waals surface area contributed by atoms with Gasteiger partial charge in [-0.05, 0) is 13.0 Å². The van der Waals surface area contributed by atoms with Gasteiger partial charge in [0.15, 0.2) is 0 Å². The molecule has 7 nitrogen and oxygen atoms in total. The smallest absolute Gasteiger partial charge is 0.311 e. The topological polar surface area (TPSA) is 98.9 Å². The van der Waals surface area contributed by atoms with Crippen LogP contribution in [0.4, 0.5) is 5.69 Å². The first-order valence-corrected chi connectivity index (χ1v) is 5.15. The van der Waals surface area contributed by atoms with Crippen molar-refractivity contribution < 1.29 is 24.3 Å².